The van der Waals surface area contributed by atoms with Crippen LogP contribution in [0.15, 0.2) is 0 Å². The van der Waals surface area contributed by atoms with Crippen LogP contribution >= 0.6 is 0 Å². The molecule has 1 atom stereocenters. The highest BCUT2D eigenvalue weighted by molar-refractivity contribution is 5.86. The summed E-state index contributed by atoms with van der Waals surface area (Å²) in [5.74, 6) is -1.13. The molecule has 1 saturated heterocycles. The molecule has 1 unspecified atom stereocenters. The van der Waals surface area contributed by atoms with Gasteiger partial charge in [-0.25, -0.2) is 4.79 Å². The number of nitrogens with zero attached hydrogens (tertiary/aromatic N) is 1. The number of rotatable bonds is 5. The van der Waals surface area contributed by atoms with Crippen LogP contribution in [0.3, 0.4) is 0 Å². The molecule has 1 fully saturated rings. The van der Waals surface area contributed by atoms with Crippen LogP contribution < -0.4 is 5.32 Å². The van der Waals surface area contributed by atoms with Gasteiger partial charge in [0.15, 0.2) is 0 Å². The number of aliphatic carboxylic acids is 1. The van der Waals surface area contributed by atoms with E-state index in [1.54, 1.807) is 20.8 Å². The van der Waals surface area contributed by atoms with Crippen LogP contribution in [0.5, 0.6) is 0 Å². The number of hydrogen-bond acceptors (Lipinski definition) is 4. The first-order valence-corrected chi connectivity index (χ1v) is 7.20. The van der Waals surface area contributed by atoms with Gasteiger partial charge in [-0.05, 0) is 40.0 Å². The SMILES string of the molecule is CC(C)(C)OC(=O)N1CCCC1C(=O)NCCCC(=O)O. The molecule has 2 amide bonds. The van der Waals surface area contributed by atoms with Gasteiger partial charge < -0.3 is 15.2 Å². The Bertz CT molecular complexity index is 403. The second kappa shape index (κ2) is 7.28. The van der Waals surface area contributed by atoms with Crippen molar-refractivity contribution in [2.24, 2.45) is 0 Å². The van der Waals surface area contributed by atoms with Gasteiger partial charge in [-0.2, -0.15) is 0 Å². The molecule has 120 valence electrons. The zero-order valence-corrected chi connectivity index (χ0v) is 12.8. The van der Waals surface area contributed by atoms with Gasteiger partial charge in [0.2, 0.25) is 5.91 Å². The highest BCUT2D eigenvalue weighted by Crippen LogP contribution is 2.20. The number of carboxylic acid groups (broad SMARTS) is 1. The molecule has 0 aliphatic carbocycles. The zero-order chi connectivity index (χ0) is 16.0. The average molecular weight is 300 g/mol. The Labute approximate surface area is 124 Å². The predicted octanol–water partition coefficient (Wildman–Crippen LogP) is 1.37. The number of carboxylic acids is 1. The minimum absolute atomic E-state index is 0.0146. The average Bonchev–Trinajstić information content (AvgIpc) is 2.81. The highest BCUT2D eigenvalue weighted by Gasteiger charge is 2.36. The highest BCUT2D eigenvalue weighted by atomic mass is 16.6. The third kappa shape index (κ3) is 6.01. The van der Waals surface area contributed by atoms with E-state index in [1.807, 2.05) is 0 Å². The lowest BCUT2D eigenvalue weighted by Gasteiger charge is -2.28. The summed E-state index contributed by atoms with van der Waals surface area (Å²) in [6, 6.07) is -0.523. The fourth-order valence-electron chi connectivity index (χ4n) is 2.15. The lowest BCUT2D eigenvalue weighted by Crippen LogP contribution is -2.47. The molecule has 7 nitrogen and oxygen atoms in total. The monoisotopic (exact) mass is 300 g/mol. The van der Waals surface area contributed by atoms with E-state index in [-0.39, 0.29) is 12.3 Å². The van der Waals surface area contributed by atoms with E-state index in [0.717, 1.165) is 6.42 Å². The fourth-order valence-corrected chi connectivity index (χ4v) is 2.15. The van der Waals surface area contributed by atoms with Gasteiger partial charge in [-0.3, -0.25) is 14.5 Å². The molecule has 1 aliphatic heterocycles. The third-order valence-corrected chi connectivity index (χ3v) is 3.05. The maximum atomic E-state index is 12.1. The molecule has 1 aliphatic rings. The van der Waals surface area contributed by atoms with Crippen LogP contribution in [0.4, 0.5) is 4.79 Å². The molecule has 0 saturated carbocycles. The maximum absolute atomic E-state index is 12.1. The lowest BCUT2D eigenvalue weighted by molar-refractivity contribution is -0.137. The number of amides is 2. The lowest BCUT2D eigenvalue weighted by atomic mass is 10.2. The van der Waals surface area contributed by atoms with Crippen LogP contribution in [0, 0.1) is 0 Å². The first-order chi connectivity index (χ1) is 9.70. The van der Waals surface area contributed by atoms with Crippen molar-refractivity contribution in [3.05, 3.63) is 0 Å². The van der Waals surface area contributed by atoms with Crippen LogP contribution in [-0.2, 0) is 14.3 Å². The van der Waals surface area contributed by atoms with E-state index < -0.39 is 23.7 Å². The Morgan fingerprint density at radius 2 is 2.00 bits per heavy atom. The van der Waals surface area contributed by atoms with Gasteiger partial charge in [0, 0.05) is 19.5 Å². The van der Waals surface area contributed by atoms with Crippen molar-refractivity contribution < 1.29 is 24.2 Å². The molecule has 0 radical (unpaired) electrons. The second-order valence-electron chi connectivity index (χ2n) is 6.12. The number of nitrogens with one attached hydrogen (secondary N) is 1. The molecule has 0 aromatic heterocycles. The van der Waals surface area contributed by atoms with Gasteiger partial charge in [0.1, 0.15) is 11.6 Å². The summed E-state index contributed by atoms with van der Waals surface area (Å²) in [5, 5.41) is 11.2. The second-order valence-corrected chi connectivity index (χ2v) is 6.12. The molecule has 2 N–H and O–H groups in total. The molecule has 1 heterocycles. The van der Waals surface area contributed by atoms with Gasteiger partial charge in [-0.1, -0.05) is 0 Å². The Balaban J connectivity index is 2.46. The van der Waals surface area contributed by atoms with Crippen LogP contribution in [0.1, 0.15) is 46.5 Å². The number of hydrogen-bond donors (Lipinski definition) is 2. The summed E-state index contributed by atoms with van der Waals surface area (Å²) >= 11 is 0. The molecule has 0 aromatic rings. The summed E-state index contributed by atoms with van der Waals surface area (Å²) < 4.78 is 5.29. The van der Waals surface area contributed by atoms with Crippen molar-refractivity contribution in [3.8, 4) is 0 Å². The summed E-state index contributed by atoms with van der Waals surface area (Å²) in [6.45, 7) is 6.14. The zero-order valence-electron chi connectivity index (χ0n) is 12.8. The van der Waals surface area contributed by atoms with Crippen molar-refractivity contribution in [3.63, 3.8) is 0 Å². The van der Waals surface area contributed by atoms with Crippen molar-refractivity contribution in [2.45, 2.75) is 58.1 Å². The Morgan fingerprint density at radius 1 is 1.33 bits per heavy atom. The standard InChI is InChI=1S/C14H24N2O5/c1-14(2,3)21-13(20)16-9-5-6-10(16)12(19)15-8-4-7-11(17)18/h10H,4-9H2,1-3H3,(H,15,19)(H,17,18). The smallest absolute Gasteiger partial charge is 0.410 e. The van der Waals surface area contributed by atoms with Crippen molar-refractivity contribution in [2.75, 3.05) is 13.1 Å². The van der Waals surface area contributed by atoms with Crippen molar-refractivity contribution in [1.29, 1.82) is 0 Å². The van der Waals surface area contributed by atoms with E-state index in [4.69, 9.17) is 9.84 Å². The Kier molecular flexibility index (Phi) is 5.99. The van der Waals surface area contributed by atoms with E-state index in [2.05, 4.69) is 5.32 Å². The molecular weight excluding hydrogens is 276 g/mol. The van der Waals surface area contributed by atoms with Gasteiger partial charge >= 0.3 is 12.1 Å². The number of carbonyl (C=O) groups is 3. The molecule has 1 rings (SSSR count). The van der Waals surface area contributed by atoms with Crippen LogP contribution in [-0.4, -0.2) is 52.7 Å². The van der Waals surface area contributed by atoms with E-state index >= 15 is 0 Å². The number of ether oxygens (including phenoxy) is 1. The van der Waals surface area contributed by atoms with E-state index in [1.165, 1.54) is 4.90 Å². The number of carbonyl (C=O) groups excluding carboxylic acids is 2. The van der Waals surface area contributed by atoms with Gasteiger partial charge in [0.05, 0.1) is 0 Å². The van der Waals surface area contributed by atoms with Gasteiger partial charge in [-0.15, -0.1) is 0 Å². The molecule has 21 heavy (non-hydrogen) atoms. The first kappa shape index (κ1) is 17.3. The van der Waals surface area contributed by atoms with Crippen LogP contribution in [0.2, 0.25) is 0 Å². The summed E-state index contributed by atoms with van der Waals surface area (Å²) in [5.41, 5.74) is -0.595. The van der Waals surface area contributed by atoms with Crippen molar-refractivity contribution in [1.82, 2.24) is 10.2 Å². The molecule has 0 spiro atoms. The van der Waals surface area contributed by atoms with Crippen molar-refractivity contribution >= 4 is 18.0 Å². The number of likely N-dealkylation sites (tertiary alicyclic amines) is 1. The first-order valence-electron chi connectivity index (χ1n) is 7.20. The molecule has 7 heteroatoms. The minimum Gasteiger partial charge on any atom is -0.481 e. The van der Waals surface area contributed by atoms with Crippen LogP contribution in [0.25, 0.3) is 0 Å². The fraction of sp³-hybridized carbons (Fsp3) is 0.786. The summed E-state index contributed by atoms with van der Waals surface area (Å²) in [4.78, 5) is 35.9. The topological polar surface area (TPSA) is 95.9 Å². The normalized spacial score (nSPS) is 18.4. The third-order valence-electron chi connectivity index (χ3n) is 3.05. The Morgan fingerprint density at radius 3 is 2.57 bits per heavy atom. The molecule has 0 aromatic carbocycles. The van der Waals surface area contributed by atoms with E-state index in [9.17, 15) is 14.4 Å². The van der Waals surface area contributed by atoms with E-state index in [0.29, 0.717) is 25.9 Å². The predicted molar refractivity (Wildman–Crippen MR) is 75.8 cm³/mol. The minimum atomic E-state index is -0.888. The largest absolute Gasteiger partial charge is 0.481 e. The maximum Gasteiger partial charge on any atom is 0.410 e. The van der Waals surface area contributed by atoms with Gasteiger partial charge in [0.25, 0.3) is 0 Å². The summed E-state index contributed by atoms with van der Waals surface area (Å²) in [7, 11) is 0. The molecule has 0 bridgehead atoms. The Hall–Kier alpha value is -1.79. The summed E-state index contributed by atoms with van der Waals surface area (Å²) in [6.07, 6.45) is 1.27. The quantitative estimate of drug-likeness (QED) is 0.747. The molecular formula is C14H24N2O5.